The van der Waals surface area contributed by atoms with Crippen LogP contribution in [0, 0.1) is 11.6 Å². The number of ether oxygens (including phenoxy) is 1. The summed E-state index contributed by atoms with van der Waals surface area (Å²) >= 11 is 0. The van der Waals surface area contributed by atoms with Gasteiger partial charge in [-0.25, -0.2) is 8.78 Å². The molecule has 1 unspecified atom stereocenters. The van der Waals surface area contributed by atoms with Crippen LogP contribution in [0.4, 0.5) is 8.78 Å². The van der Waals surface area contributed by atoms with Crippen molar-refractivity contribution in [2.24, 2.45) is 0 Å². The molecule has 1 aromatic rings. The van der Waals surface area contributed by atoms with Crippen molar-refractivity contribution in [2.45, 2.75) is 32.0 Å². The minimum atomic E-state index is -0.668. The maximum atomic E-state index is 13.6. The highest BCUT2D eigenvalue weighted by Gasteiger charge is 2.29. The van der Waals surface area contributed by atoms with Crippen molar-refractivity contribution < 1.29 is 18.3 Å². The topological polar surface area (TPSA) is 50.4 Å². The van der Waals surface area contributed by atoms with Crippen molar-refractivity contribution in [2.75, 3.05) is 13.2 Å². The zero-order valence-electron chi connectivity index (χ0n) is 11.5. The second-order valence-electron chi connectivity index (χ2n) is 4.90. The van der Waals surface area contributed by atoms with Gasteiger partial charge in [0.1, 0.15) is 17.7 Å². The number of halogens is 2. The van der Waals surface area contributed by atoms with Gasteiger partial charge in [-0.3, -0.25) is 4.79 Å². The maximum absolute atomic E-state index is 13.6. The zero-order chi connectivity index (χ0) is 14.7. The van der Waals surface area contributed by atoms with Crippen molar-refractivity contribution in [3.05, 3.63) is 35.4 Å². The molecule has 6 heteroatoms. The van der Waals surface area contributed by atoms with Crippen molar-refractivity contribution in [3.8, 4) is 0 Å². The Morgan fingerprint density at radius 2 is 2.25 bits per heavy atom. The number of morpholine rings is 1. The zero-order valence-corrected chi connectivity index (χ0v) is 11.5. The van der Waals surface area contributed by atoms with E-state index in [1.165, 1.54) is 12.1 Å². The molecule has 110 valence electrons. The van der Waals surface area contributed by atoms with Gasteiger partial charge in [0, 0.05) is 18.2 Å². The number of hydrogen-bond acceptors (Lipinski definition) is 3. The standard InChI is InChI=1S/C14H18F2N2O2/c1-8(11-4-3-10(15)7-12(11)16)18-14(19)13-9(2)20-6-5-17-13/h3-4,7-9,13,17H,5-6H2,1-2H3,(H,18,19)/t8?,9-,13+/m1/s1. The predicted octanol–water partition coefficient (Wildman–Crippen LogP) is 1.52. The smallest absolute Gasteiger partial charge is 0.240 e. The minimum Gasteiger partial charge on any atom is -0.375 e. The summed E-state index contributed by atoms with van der Waals surface area (Å²) in [5.74, 6) is -1.56. The van der Waals surface area contributed by atoms with Gasteiger partial charge in [-0.05, 0) is 19.9 Å². The van der Waals surface area contributed by atoms with E-state index in [4.69, 9.17) is 4.74 Å². The average Bonchev–Trinajstić information content (AvgIpc) is 2.38. The van der Waals surface area contributed by atoms with Gasteiger partial charge in [0.05, 0.1) is 18.8 Å². The average molecular weight is 284 g/mol. The molecule has 1 fully saturated rings. The quantitative estimate of drug-likeness (QED) is 0.885. The number of benzene rings is 1. The Morgan fingerprint density at radius 1 is 1.50 bits per heavy atom. The summed E-state index contributed by atoms with van der Waals surface area (Å²) < 4.78 is 31.9. The van der Waals surface area contributed by atoms with Gasteiger partial charge in [-0.2, -0.15) is 0 Å². The molecule has 1 saturated heterocycles. The number of hydrogen-bond donors (Lipinski definition) is 2. The van der Waals surface area contributed by atoms with E-state index in [-0.39, 0.29) is 17.6 Å². The Morgan fingerprint density at radius 3 is 2.90 bits per heavy atom. The summed E-state index contributed by atoms with van der Waals surface area (Å²) in [7, 11) is 0. The Balaban J connectivity index is 2.03. The molecular formula is C14H18F2N2O2. The third kappa shape index (κ3) is 3.32. The van der Waals surface area contributed by atoms with E-state index in [0.717, 1.165) is 6.07 Å². The summed E-state index contributed by atoms with van der Waals surface area (Å²) in [6.07, 6.45) is -0.242. The van der Waals surface area contributed by atoms with E-state index in [0.29, 0.717) is 13.2 Å². The SMILES string of the molecule is CC(NC(=O)[C@H]1NCCO[C@@H]1C)c1ccc(F)cc1F. The fourth-order valence-electron chi connectivity index (χ4n) is 2.26. The molecule has 4 nitrogen and oxygen atoms in total. The molecule has 1 amide bonds. The molecule has 0 spiro atoms. The van der Waals surface area contributed by atoms with Crippen LogP contribution in [-0.4, -0.2) is 31.2 Å². The fraction of sp³-hybridized carbons (Fsp3) is 0.500. The van der Waals surface area contributed by atoms with E-state index >= 15 is 0 Å². The second kappa shape index (κ2) is 6.28. The van der Waals surface area contributed by atoms with Crippen LogP contribution in [0.5, 0.6) is 0 Å². The molecule has 2 N–H and O–H groups in total. The van der Waals surface area contributed by atoms with Gasteiger partial charge >= 0.3 is 0 Å². The van der Waals surface area contributed by atoms with Crippen LogP contribution in [0.1, 0.15) is 25.5 Å². The summed E-state index contributed by atoms with van der Waals surface area (Å²) in [5.41, 5.74) is 0.254. The Kier molecular flexibility index (Phi) is 4.67. The van der Waals surface area contributed by atoms with Gasteiger partial charge in [-0.1, -0.05) is 6.07 Å². The lowest BCUT2D eigenvalue weighted by Gasteiger charge is -2.30. The van der Waals surface area contributed by atoms with Crippen LogP contribution >= 0.6 is 0 Å². The Labute approximate surface area is 116 Å². The van der Waals surface area contributed by atoms with E-state index < -0.39 is 23.7 Å². The molecule has 1 heterocycles. The lowest BCUT2D eigenvalue weighted by atomic mass is 10.1. The molecule has 1 aromatic carbocycles. The molecule has 0 aliphatic carbocycles. The molecule has 3 atom stereocenters. The van der Waals surface area contributed by atoms with Crippen molar-refractivity contribution in [1.82, 2.24) is 10.6 Å². The van der Waals surface area contributed by atoms with Gasteiger partial charge < -0.3 is 15.4 Å². The molecule has 0 bridgehead atoms. The Bertz CT molecular complexity index is 496. The predicted molar refractivity (Wildman–Crippen MR) is 70.1 cm³/mol. The largest absolute Gasteiger partial charge is 0.375 e. The third-order valence-electron chi connectivity index (χ3n) is 3.39. The van der Waals surface area contributed by atoms with E-state index in [9.17, 15) is 13.6 Å². The first-order valence-electron chi connectivity index (χ1n) is 6.59. The van der Waals surface area contributed by atoms with Gasteiger partial charge in [0.2, 0.25) is 5.91 Å². The van der Waals surface area contributed by atoms with Crippen LogP contribution in [0.25, 0.3) is 0 Å². The highest BCUT2D eigenvalue weighted by atomic mass is 19.1. The third-order valence-corrected chi connectivity index (χ3v) is 3.39. The number of amides is 1. The molecule has 0 radical (unpaired) electrons. The molecule has 1 aliphatic rings. The van der Waals surface area contributed by atoms with Crippen molar-refractivity contribution in [1.29, 1.82) is 0 Å². The highest BCUT2D eigenvalue weighted by Crippen LogP contribution is 2.18. The summed E-state index contributed by atoms with van der Waals surface area (Å²) in [6, 6.07) is 2.31. The fourth-order valence-corrected chi connectivity index (χ4v) is 2.26. The van der Waals surface area contributed by atoms with Gasteiger partial charge in [0.25, 0.3) is 0 Å². The number of rotatable bonds is 3. The normalized spacial score (nSPS) is 24.2. The molecule has 1 aliphatic heterocycles. The summed E-state index contributed by atoms with van der Waals surface area (Å²) in [5, 5.41) is 5.77. The van der Waals surface area contributed by atoms with Crippen LogP contribution in [0.15, 0.2) is 18.2 Å². The highest BCUT2D eigenvalue weighted by molar-refractivity contribution is 5.82. The Hall–Kier alpha value is -1.53. The minimum absolute atomic E-state index is 0.242. The lowest BCUT2D eigenvalue weighted by Crippen LogP contribution is -2.55. The maximum Gasteiger partial charge on any atom is 0.240 e. The first kappa shape index (κ1) is 14.9. The summed E-state index contributed by atoms with van der Waals surface area (Å²) in [4.78, 5) is 12.1. The molecule has 20 heavy (non-hydrogen) atoms. The summed E-state index contributed by atoms with van der Waals surface area (Å²) in [6.45, 7) is 4.62. The molecule has 0 aromatic heterocycles. The lowest BCUT2D eigenvalue weighted by molar-refractivity contribution is -0.129. The monoisotopic (exact) mass is 284 g/mol. The van der Waals surface area contributed by atoms with E-state index in [1.807, 2.05) is 0 Å². The van der Waals surface area contributed by atoms with E-state index in [2.05, 4.69) is 10.6 Å². The number of carbonyl (C=O) groups excluding carboxylic acids is 1. The van der Waals surface area contributed by atoms with Gasteiger partial charge in [-0.15, -0.1) is 0 Å². The van der Waals surface area contributed by atoms with Crippen molar-refractivity contribution >= 4 is 5.91 Å². The second-order valence-corrected chi connectivity index (χ2v) is 4.90. The first-order valence-corrected chi connectivity index (χ1v) is 6.59. The van der Waals surface area contributed by atoms with Crippen LogP contribution in [0.2, 0.25) is 0 Å². The van der Waals surface area contributed by atoms with Gasteiger partial charge in [0.15, 0.2) is 0 Å². The van der Waals surface area contributed by atoms with Crippen LogP contribution in [-0.2, 0) is 9.53 Å². The van der Waals surface area contributed by atoms with E-state index in [1.54, 1.807) is 13.8 Å². The molecule has 2 rings (SSSR count). The molecule has 0 saturated carbocycles. The first-order chi connectivity index (χ1) is 9.49. The van der Waals surface area contributed by atoms with Crippen molar-refractivity contribution in [3.63, 3.8) is 0 Å². The van der Waals surface area contributed by atoms with Crippen LogP contribution < -0.4 is 10.6 Å². The van der Waals surface area contributed by atoms with Crippen LogP contribution in [0.3, 0.4) is 0 Å². The number of carbonyl (C=O) groups is 1. The molecular weight excluding hydrogens is 266 g/mol. The number of nitrogens with one attached hydrogen (secondary N) is 2.